The summed E-state index contributed by atoms with van der Waals surface area (Å²) in [6, 6.07) is 7.70. The zero-order valence-electron chi connectivity index (χ0n) is 11.2. The highest BCUT2D eigenvalue weighted by atomic mass is 16.6. The van der Waals surface area contributed by atoms with Gasteiger partial charge in [0.25, 0.3) is 0 Å². The van der Waals surface area contributed by atoms with Gasteiger partial charge in [-0.1, -0.05) is 32.9 Å². The molecule has 0 heterocycles. The lowest BCUT2D eigenvalue weighted by Gasteiger charge is -2.06. The summed E-state index contributed by atoms with van der Waals surface area (Å²) in [5.74, 6) is 0.377. The molecule has 0 aliphatic heterocycles. The summed E-state index contributed by atoms with van der Waals surface area (Å²) in [6.45, 7) is 8.21. The third-order valence-corrected chi connectivity index (χ3v) is 1.97. The summed E-state index contributed by atoms with van der Waals surface area (Å²) in [6.07, 6.45) is 0.955. The topological polar surface area (TPSA) is 35.5 Å². The van der Waals surface area contributed by atoms with Crippen LogP contribution in [0.4, 0.5) is 0 Å². The molecule has 1 aromatic rings. The van der Waals surface area contributed by atoms with Crippen molar-refractivity contribution in [3.8, 4) is 5.75 Å². The van der Waals surface area contributed by atoms with Crippen LogP contribution in [0.15, 0.2) is 24.3 Å². The van der Waals surface area contributed by atoms with E-state index in [1.807, 2.05) is 38.1 Å². The first-order valence-electron chi connectivity index (χ1n) is 6.13. The maximum atomic E-state index is 11.0. The molecule has 3 nitrogen and oxygen atoms in total. The minimum atomic E-state index is -0.334. The molecule has 0 amide bonds. The van der Waals surface area contributed by atoms with Crippen LogP contribution < -0.4 is 4.74 Å². The fourth-order valence-electron chi connectivity index (χ4n) is 1.20. The minimum Gasteiger partial charge on any atom is -0.482 e. The van der Waals surface area contributed by atoms with Crippen molar-refractivity contribution in [1.82, 2.24) is 0 Å². The van der Waals surface area contributed by atoms with Gasteiger partial charge >= 0.3 is 5.97 Å². The summed E-state index contributed by atoms with van der Waals surface area (Å²) in [5, 5.41) is 0. The van der Waals surface area contributed by atoms with Crippen molar-refractivity contribution in [2.24, 2.45) is 0 Å². The summed E-state index contributed by atoms with van der Waals surface area (Å²) >= 11 is 0. The van der Waals surface area contributed by atoms with Crippen molar-refractivity contribution in [2.45, 2.75) is 34.1 Å². The van der Waals surface area contributed by atoms with Gasteiger partial charge in [0.1, 0.15) is 5.75 Å². The fourth-order valence-corrected chi connectivity index (χ4v) is 1.20. The molecular formula is C14H22O3. The second-order valence-corrected chi connectivity index (χ2v) is 3.09. The van der Waals surface area contributed by atoms with Gasteiger partial charge in [0.2, 0.25) is 0 Å². The Labute approximate surface area is 104 Å². The lowest BCUT2D eigenvalue weighted by molar-refractivity contribution is -0.145. The van der Waals surface area contributed by atoms with E-state index in [9.17, 15) is 4.79 Å². The van der Waals surface area contributed by atoms with Crippen molar-refractivity contribution in [2.75, 3.05) is 13.2 Å². The molecule has 0 fully saturated rings. The molecule has 0 N–H and O–H groups in total. The van der Waals surface area contributed by atoms with E-state index in [4.69, 9.17) is 9.47 Å². The zero-order chi connectivity index (χ0) is 13.1. The van der Waals surface area contributed by atoms with Gasteiger partial charge in [-0.15, -0.1) is 0 Å². The third kappa shape index (κ3) is 6.61. The SMILES string of the molecule is CC.CCOC(=O)COc1cccc(CC)c1. The number of aryl methyl sites for hydroxylation is 1. The number of carbonyl (C=O) groups excluding carboxylic acids is 1. The van der Waals surface area contributed by atoms with Gasteiger partial charge in [0, 0.05) is 0 Å². The number of hydrogen-bond acceptors (Lipinski definition) is 3. The summed E-state index contributed by atoms with van der Waals surface area (Å²) in [4.78, 5) is 11.0. The first kappa shape index (κ1) is 15.5. The maximum absolute atomic E-state index is 11.0. The first-order valence-corrected chi connectivity index (χ1v) is 6.13. The van der Waals surface area contributed by atoms with Crippen LogP contribution in [0.5, 0.6) is 5.75 Å². The van der Waals surface area contributed by atoms with E-state index in [0.717, 1.165) is 6.42 Å². The van der Waals surface area contributed by atoms with Crippen LogP contribution in [0.1, 0.15) is 33.3 Å². The molecule has 0 aromatic heterocycles. The van der Waals surface area contributed by atoms with Crippen LogP contribution in [0, 0.1) is 0 Å². The number of hydrogen-bond donors (Lipinski definition) is 0. The molecule has 0 spiro atoms. The molecule has 0 saturated carbocycles. The number of ether oxygens (including phenoxy) is 2. The van der Waals surface area contributed by atoms with Crippen molar-refractivity contribution in [3.63, 3.8) is 0 Å². The van der Waals surface area contributed by atoms with E-state index in [1.165, 1.54) is 5.56 Å². The van der Waals surface area contributed by atoms with E-state index < -0.39 is 0 Å². The Hall–Kier alpha value is -1.51. The van der Waals surface area contributed by atoms with Crippen LogP contribution in [0.25, 0.3) is 0 Å². The van der Waals surface area contributed by atoms with Crippen molar-refractivity contribution in [3.05, 3.63) is 29.8 Å². The molecule has 96 valence electrons. The Morgan fingerprint density at radius 3 is 2.53 bits per heavy atom. The molecule has 0 saturated heterocycles. The molecule has 0 unspecified atom stereocenters. The van der Waals surface area contributed by atoms with Crippen LogP contribution >= 0.6 is 0 Å². The summed E-state index contributed by atoms with van der Waals surface area (Å²) in [5.41, 5.74) is 1.19. The Balaban J connectivity index is 0.00000121. The molecule has 3 heteroatoms. The highest BCUT2D eigenvalue weighted by Gasteiger charge is 2.02. The van der Waals surface area contributed by atoms with Gasteiger partial charge < -0.3 is 9.47 Å². The molecule has 0 bridgehead atoms. The maximum Gasteiger partial charge on any atom is 0.344 e. The zero-order valence-corrected chi connectivity index (χ0v) is 11.2. The third-order valence-electron chi connectivity index (χ3n) is 1.97. The van der Waals surface area contributed by atoms with Crippen LogP contribution in [0.2, 0.25) is 0 Å². The fraction of sp³-hybridized carbons (Fsp3) is 0.500. The summed E-state index contributed by atoms with van der Waals surface area (Å²) in [7, 11) is 0. The number of benzene rings is 1. The second kappa shape index (κ2) is 9.70. The largest absolute Gasteiger partial charge is 0.482 e. The lowest BCUT2D eigenvalue weighted by Crippen LogP contribution is -2.14. The Morgan fingerprint density at radius 1 is 1.24 bits per heavy atom. The second-order valence-electron chi connectivity index (χ2n) is 3.09. The number of rotatable bonds is 5. The predicted molar refractivity (Wildman–Crippen MR) is 69.3 cm³/mol. The average molecular weight is 238 g/mol. The van der Waals surface area contributed by atoms with Crippen molar-refractivity contribution < 1.29 is 14.3 Å². The molecule has 0 aliphatic carbocycles. The molecule has 17 heavy (non-hydrogen) atoms. The first-order chi connectivity index (χ1) is 8.26. The number of carbonyl (C=O) groups is 1. The Morgan fingerprint density at radius 2 is 1.94 bits per heavy atom. The number of esters is 1. The van der Waals surface area contributed by atoms with Gasteiger partial charge in [0.15, 0.2) is 6.61 Å². The van der Waals surface area contributed by atoms with E-state index in [-0.39, 0.29) is 12.6 Å². The van der Waals surface area contributed by atoms with Crippen molar-refractivity contribution >= 4 is 5.97 Å². The minimum absolute atomic E-state index is 0.0268. The van der Waals surface area contributed by atoms with E-state index in [2.05, 4.69) is 6.92 Å². The standard InChI is InChI=1S/C12H16O3.C2H6/c1-3-10-6-5-7-11(8-10)15-9-12(13)14-4-2;1-2/h5-8H,3-4,9H2,1-2H3;1-2H3. The van der Waals surface area contributed by atoms with Gasteiger partial charge in [0.05, 0.1) is 6.61 Å². The van der Waals surface area contributed by atoms with Crippen LogP contribution in [0.3, 0.4) is 0 Å². The molecule has 0 atom stereocenters. The molecule has 1 rings (SSSR count). The van der Waals surface area contributed by atoms with Crippen LogP contribution in [-0.4, -0.2) is 19.2 Å². The quantitative estimate of drug-likeness (QED) is 0.739. The van der Waals surface area contributed by atoms with Gasteiger partial charge in [-0.05, 0) is 31.0 Å². The summed E-state index contributed by atoms with van der Waals surface area (Å²) < 4.78 is 10.0. The smallest absolute Gasteiger partial charge is 0.344 e. The molecule has 0 radical (unpaired) electrons. The van der Waals surface area contributed by atoms with Gasteiger partial charge in [-0.3, -0.25) is 0 Å². The van der Waals surface area contributed by atoms with Crippen LogP contribution in [-0.2, 0) is 16.0 Å². The molecule has 0 aliphatic rings. The van der Waals surface area contributed by atoms with Gasteiger partial charge in [-0.25, -0.2) is 4.79 Å². The predicted octanol–water partition coefficient (Wildman–Crippen LogP) is 3.22. The normalized spacial score (nSPS) is 8.94. The molecular weight excluding hydrogens is 216 g/mol. The van der Waals surface area contributed by atoms with Gasteiger partial charge in [-0.2, -0.15) is 0 Å². The Bertz CT molecular complexity index is 321. The monoisotopic (exact) mass is 238 g/mol. The van der Waals surface area contributed by atoms with E-state index >= 15 is 0 Å². The van der Waals surface area contributed by atoms with E-state index in [0.29, 0.717) is 12.4 Å². The average Bonchev–Trinajstić information content (AvgIpc) is 2.39. The van der Waals surface area contributed by atoms with Crippen molar-refractivity contribution in [1.29, 1.82) is 0 Å². The lowest BCUT2D eigenvalue weighted by atomic mass is 10.2. The van der Waals surface area contributed by atoms with E-state index in [1.54, 1.807) is 6.92 Å². The highest BCUT2D eigenvalue weighted by molar-refractivity contribution is 5.71. The Kier molecular flexibility index (Phi) is 8.84. The highest BCUT2D eigenvalue weighted by Crippen LogP contribution is 2.13. The molecule has 1 aromatic carbocycles.